The molecule has 2 N–H and O–H groups in total. The third kappa shape index (κ3) is 4.35. The van der Waals surface area contributed by atoms with Gasteiger partial charge in [-0.05, 0) is 73.5 Å². The Morgan fingerprint density at radius 1 is 0.600 bits per heavy atom. The predicted octanol–water partition coefficient (Wildman–Crippen LogP) is 6.72. The first-order chi connectivity index (χ1) is 12.1. The molecular formula is C20H19N5. The molecule has 0 aliphatic heterocycles. The van der Waals surface area contributed by atoms with Crippen molar-refractivity contribution in [1.29, 1.82) is 0 Å². The standard InChI is InChI=1S/C20H19N5/c1-14-13-20(15(2)12-19(14)21)25-24-18-10-8-17(9-11-18)23-22-16-6-4-3-5-7-16/h3-13H,21H2,1-2H3. The molecule has 3 aromatic carbocycles. The Bertz CT molecular complexity index is 913. The topological polar surface area (TPSA) is 75.5 Å². The molecule has 25 heavy (non-hydrogen) atoms. The molecule has 3 aromatic rings. The highest BCUT2D eigenvalue weighted by Crippen LogP contribution is 2.27. The van der Waals surface area contributed by atoms with Crippen molar-refractivity contribution < 1.29 is 0 Å². The fourth-order valence-corrected chi connectivity index (χ4v) is 2.24. The minimum Gasteiger partial charge on any atom is -0.399 e. The number of nitrogens with zero attached hydrogens (tertiary/aromatic N) is 4. The van der Waals surface area contributed by atoms with Crippen molar-refractivity contribution >= 4 is 28.4 Å². The Kier molecular flexibility index (Phi) is 4.95. The number of nitrogens with two attached hydrogens (primary N) is 1. The number of hydrogen-bond donors (Lipinski definition) is 1. The SMILES string of the molecule is Cc1cc(N=Nc2ccc(N=Nc3ccccc3)cc2)c(C)cc1N. The maximum Gasteiger partial charge on any atom is 0.0890 e. The van der Waals surface area contributed by atoms with Gasteiger partial charge >= 0.3 is 0 Å². The van der Waals surface area contributed by atoms with Crippen LogP contribution in [-0.2, 0) is 0 Å². The smallest absolute Gasteiger partial charge is 0.0890 e. The zero-order valence-corrected chi connectivity index (χ0v) is 14.2. The molecule has 0 heterocycles. The summed E-state index contributed by atoms with van der Waals surface area (Å²) in [6, 6.07) is 20.9. The molecule has 3 rings (SSSR count). The summed E-state index contributed by atoms with van der Waals surface area (Å²) in [5.41, 5.74) is 11.8. The number of rotatable bonds is 4. The first kappa shape index (κ1) is 16.5. The minimum absolute atomic E-state index is 0.757. The highest BCUT2D eigenvalue weighted by atomic mass is 15.1. The maximum atomic E-state index is 5.89. The molecule has 0 aromatic heterocycles. The van der Waals surface area contributed by atoms with E-state index in [1.165, 1.54) is 0 Å². The van der Waals surface area contributed by atoms with Gasteiger partial charge < -0.3 is 5.73 Å². The van der Waals surface area contributed by atoms with Crippen LogP contribution in [0.2, 0.25) is 0 Å². The molecule has 0 saturated heterocycles. The van der Waals surface area contributed by atoms with Gasteiger partial charge in [0.1, 0.15) is 0 Å². The average molecular weight is 329 g/mol. The van der Waals surface area contributed by atoms with Crippen molar-refractivity contribution in [1.82, 2.24) is 0 Å². The first-order valence-corrected chi connectivity index (χ1v) is 7.97. The monoisotopic (exact) mass is 329 g/mol. The van der Waals surface area contributed by atoms with Crippen LogP contribution in [0.4, 0.5) is 28.4 Å². The Balaban J connectivity index is 1.72. The zero-order chi connectivity index (χ0) is 17.6. The highest BCUT2D eigenvalue weighted by Gasteiger charge is 2.01. The Labute approximate surface area is 147 Å². The van der Waals surface area contributed by atoms with Crippen LogP contribution >= 0.6 is 0 Å². The minimum atomic E-state index is 0.757. The lowest BCUT2D eigenvalue weighted by atomic mass is 10.1. The van der Waals surface area contributed by atoms with Crippen LogP contribution in [0.3, 0.4) is 0 Å². The van der Waals surface area contributed by atoms with Crippen LogP contribution in [0.15, 0.2) is 87.2 Å². The van der Waals surface area contributed by atoms with Gasteiger partial charge in [-0.15, -0.1) is 0 Å². The van der Waals surface area contributed by atoms with Gasteiger partial charge in [0.15, 0.2) is 0 Å². The summed E-state index contributed by atoms with van der Waals surface area (Å²) in [5, 5.41) is 17.0. The quantitative estimate of drug-likeness (QED) is 0.419. The molecule has 0 bridgehead atoms. The van der Waals surface area contributed by atoms with Crippen molar-refractivity contribution in [3.63, 3.8) is 0 Å². The van der Waals surface area contributed by atoms with Crippen LogP contribution in [0.1, 0.15) is 11.1 Å². The molecule has 0 unspecified atom stereocenters. The van der Waals surface area contributed by atoms with Gasteiger partial charge in [0, 0.05) is 5.69 Å². The molecular weight excluding hydrogens is 310 g/mol. The van der Waals surface area contributed by atoms with E-state index in [0.29, 0.717) is 0 Å². The largest absolute Gasteiger partial charge is 0.399 e. The fourth-order valence-electron chi connectivity index (χ4n) is 2.24. The Morgan fingerprint density at radius 3 is 1.72 bits per heavy atom. The second kappa shape index (κ2) is 7.49. The summed E-state index contributed by atoms with van der Waals surface area (Å²) < 4.78 is 0. The van der Waals surface area contributed by atoms with Gasteiger partial charge in [-0.25, -0.2) is 0 Å². The predicted molar refractivity (Wildman–Crippen MR) is 102 cm³/mol. The Hall–Kier alpha value is -3.34. The van der Waals surface area contributed by atoms with Gasteiger partial charge in [-0.2, -0.15) is 20.5 Å². The van der Waals surface area contributed by atoms with Crippen molar-refractivity contribution in [2.75, 3.05) is 5.73 Å². The van der Waals surface area contributed by atoms with Gasteiger partial charge in [-0.3, -0.25) is 0 Å². The number of anilines is 1. The van der Waals surface area contributed by atoms with E-state index in [0.717, 1.165) is 39.6 Å². The third-order valence-electron chi connectivity index (χ3n) is 3.74. The molecule has 124 valence electrons. The molecule has 0 saturated carbocycles. The lowest BCUT2D eigenvalue weighted by molar-refractivity contribution is 1.19. The summed E-state index contributed by atoms with van der Waals surface area (Å²) in [6.45, 7) is 3.93. The average Bonchev–Trinajstić information content (AvgIpc) is 2.64. The van der Waals surface area contributed by atoms with E-state index < -0.39 is 0 Å². The lowest BCUT2D eigenvalue weighted by Gasteiger charge is -2.04. The molecule has 0 aliphatic rings. The number of benzene rings is 3. The van der Waals surface area contributed by atoms with E-state index >= 15 is 0 Å². The molecule has 0 fully saturated rings. The van der Waals surface area contributed by atoms with Crippen molar-refractivity contribution in [3.8, 4) is 0 Å². The third-order valence-corrected chi connectivity index (χ3v) is 3.74. The van der Waals surface area contributed by atoms with Crippen LogP contribution in [0, 0.1) is 13.8 Å². The van der Waals surface area contributed by atoms with Crippen LogP contribution in [0.5, 0.6) is 0 Å². The van der Waals surface area contributed by atoms with E-state index in [9.17, 15) is 0 Å². The molecule has 0 radical (unpaired) electrons. The van der Waals surface area contributed by atoms with Crippen LogP contribution < -0.4 is 5.73 Å². The van der Waals surface area contributed by atoms with E-state index in [-0.39, 0.29) is 0 Å². The molecule has 5 nitrogen and oxygen atoms in total. The van der Waals surface area contributed by atoms with Gasteiger partial charge in [0.25, 0.3) is 0 Å². The zero-order valence-electron chi connectivity index (χ0n) is 14.2. The van der Waals surface area contributed by atoms with Crippen molar-refractivity contribution in [2.24, 2.45) is 20.5 Å². The molecule has 0 aliphatic carbocycles. The maximum absolute atomic E-state index is 5.89. The summed E-state index contributed by atoms with van der Waals surface area (Å²) >= 11 is 0. The highest BCUT2D eigenvalue weighted by molar-refractivity contribution is 5.59. The summed E-state index contributed by atoms with van der Waals surface area (Å²) in [6.07, 6.45) is 0. The fraction of sp³-hybridized carbons (Fsp3) is 0.100. The summed E-state index contributed by atoms with van der Waals surface area (Å²) in [5.74, 6) is 0. The first-order valence-electron chi connectivity index (χ1n) is 7.97. The van der Waals surface area contributed by atoms with Crippen LogP contribution in [0.25, 0.3) is 0 Å². The van der Waals surface area contributed by atoms with E-state index in [2.05, 4.69) is 20.5 Å². The number of hydrogen-bond acceptors (Lipinski definition) is 5. The van der Waals surface area contributed by atoms with E-state index in [1.54, 1.807) is 0 Å². The second-order valence-electron chi connectivity index (χ2n) is 5.75. The summed E-state index contributed by atoms with van der Waals surface area (Å²) in [4.78, 5) is 0. The molecule has 5 heteroatoms. The number of nitrogen functional groups attached to an aromatic ring is 1. The number of aryl methyl sites for hydroxylation is 2. The molecule has 0 spiro atoms. The Morgan fingerprint density at radius 2 is 1.12 bits per heavy atom. The van der Waals surface area contributed by atoms with Gasteiger partial charge in [0.05, 0.1) is 22.7 Å². The van der Waals surface area contributed by atoms with Crippen LogP contribution in [-0.4, -0.2) is 0 Å². The van der Waals surface area contributed by atoms with E-state index in [1.807, 2.05) is 80.6 Å². The van der Waals surface area contributed by atoms with Crippen molar-refractivity contribution in [2.45, 2.75) is 13.8 Å². The van der Waals surface area contributed by atoms with Gasteiger partial charge in [-0.1, -0.05) is 18.2 Å². The molecule has 0 amide bonds. The lowest BCUT2D eigenvalue weighted by Crippen LogP contribution is -1.89. The van der Waals surface area contributed by atoms with Gasteiger partial charge in [0.2, 0.25) is 0 Å². The second-order valence-corrected chi connectivity index (χ2v) is 5.75. The number of azo groups is 2. The summed E-state index contributed by atoms with van der Waals surface area (Å²) in [7, 11) is 0. The van der Waals surface area contributed by atoms with Crippen molar-refractivity contribution in [3.05, 3.63) is 77.9 Å². The molecule has 0 atom stereocenters. The normalized spacial score (nSPS) is 11.4. The van der Waals surface area contributed by atoms with E-state index in [4.69, 9.17) is 5.73 Å².